The van der Waals surface area contributed by atoms with Crippen molar-refractivity contribution >= 4 is 5.91 Å². The van der Waals surface area contributed by atoms with Crippen molar-refractivity contribution in [1.29, 1.82) is 0 Å². The van der Waals surface area contributed by atoms with Crippen LogP contribution in [0.3, 0.4) is 0 Å². The Morgan fingerprint density at radius 3 is 1.80 bits per heavy atom. The van der Waals surface area contributed by atoms with Gasteiger partial charge in [-0.3, -0.25) is 4.79 Å². The molecule has 0 aromatic carbocycles. The molecule has 0 radical (unpaired) electrons. The molecule has 0 rings (SSSR count). The Morgan fingerprint density at radius 1 is 0.714 bits per heavy atom. The molecule has 0 aromatic rings. The smallest absolute Gasteiger partial charge is 0.220 e. The summed E-state index contributed by atoms with van der Waals surface area (Å²) in [5, 5.41) is 22.4. The lowest BCUT2D eigenvalue weighted by atomic mass is 10.1. The van der Waals surface area contributed by atoms with Gasteiger partial charge in [-0.1, -0.05) is 106 Å². The van der Waals surface area contributed by atoms with Gasteiger partial charge in [0.05, 0.1) is 18.8 Å². The Bertz CT molecular complexity index is 658. The minimum atomic E-state index is -0.860. The van der Waals surface area contributed by atoms with Crippen LogP contribution in [0.2, 0.25) is 0 Å². The largest absolute Gasteiger partial charge is 0.394 e. The molecule has 0 aliphatic carbocycles. The number of hydrogen-bond donors (Lipinski definition) is 3. The standard InChI is InChI=1S/C31H51NO3/c1-3-5-7-9-11-12-13-14-15-16-17-18-19-20-21-23-25-27-31(35)32-29(28-33)30(34)26-24-22-10-8-6-4-2/h5,7,11-12,14-15,17-18,20-21,24,26,29-30,33-34H,3-4,6,8-10,13,16,19,22-23,25,27-28H2,1-2H3,(H,32,35)/b7-5-,12-11-,15-14-,18-17-,21-20-,26-24+. The van der Waals surface area contributed by atoms with Crippen molar-refractivity contribution in [3.05, 3.63) is 72.9 Å². The summed E-state index contributed by atoms with van der Waals surface area (Å²) < 4.78 is 0. The van der Waals surface area contributed by atoms with Crippen LogP contribution in [0.4, 0.5) is 0 Å². The summed E-state index contributed by atoms with van der Waals surface area (Å²) in [5.41, 5.74) is 0. The fourth-order valence-corrected chi connectivity index (χ4v) is 3.33. The van der Waals surface area contributed by atoms with Crippen molar-refractivity contribution in [2.45, 2.75) is 109 Å². The van der Waals surface area contributed by atoms with E-state index in [2.05, 4.69) is 79.9 Å². The molecule has 0 saturated heterocycles. The number of amides is 1. The summed E-state index contributed by atoms with van der Waals surface area (Å²) in [6.45, 7) is 4.05. The normalized spacial score (nSPS) is 14.5. The molecule has 1 amide bonds. The molecule has 4 nitrogen and oxygen atoms in total. The zero-order valence-electron chi connectivity index (χ0n) is 22.3. The van der Waals surface area contributed by atoms with Gasteiger partial charge in [0, 0.05) is 6.42 Å². The van der Waals surface area contributed by atoms with Crippen LogP contribution in [0.15, 0.2) is 72.9 Å². The first-order valence-corrected chi connectivity index (χ1v) is 13.7. The monoisotopic (exact) mass is 485 g/mol. The van der Waals surface area contributed by atoms with E-state index in [-0.39, 0.29) is 12.5 Å². The van der Waals surface area contributed by atoms with E-state index in [1.54, 1.807) is 6.08 Å². The van der Waals surface area contributed by atoms with Crippen molar-refractivity contribution in [1.82, 2.24) is 5.32 Å². The minimum Gasteiger partial charge on any atom is -0.394 e. The number of carbonyl (C=O) groups excluding carboxylic acids is 1. The molecule has 0 bridgehead atoms. The lowest BCUT2D eigenvalue weighted by Gasteiger charge is -2.19. The fourth-order valence-electron chi connectivity index (χ4n) is 3.33. The van der Waals surface area contributed by atoms with E-state index in [4.69, 9.17) is 0 Å². The zero-order valence-corrected chi connectivity index (χ0v) is 22.3. The second-order valence-electron chi connectivity index (χ2n) is 8.72. The molecule has 4 heteroatoms. The van der Waals surface area contributed by atoms with Crippen LogP contribution in [0, 0.1) is 0 Å². The van der Waals surface area contributed by atoms with Gasteiger partial charge in [0.1, 0.15) is 0 Å². The van der Waals surface area contributed by atoms with Crippen molar-refractivity contribution in [2.75, 3.05) is 6.61 Å². The highest BCUT2D eigenvalue weighted by Gasteiger charge is 2.17. The van der Waals surface area contributed by atoms with E-state index >= 15 is 0 Å². The van der Waals surface area contributed by atoms with Gasteiger partial charge in [0.25, 0.3) is 0 Å². The number of rotatable bonds is 22. The first-order valence-electron chi connectivity index (χ1n) is 13.7. The van der Waals surface area contributed by atoms with E-state index in [9.17, 15) is 15.0 Å². The molecule has 0 fully saturated rings. The van der Waals surface area contributed by atoms with Crippen LogP contribution in [0.25, 0.3) is 0 Å². The molecular weight excluding hydrogens is 434 g/mol. The lowest BCUT2D eigenvalue weighted by Crippen LogP contribution is -2.45. The summed E-state index contributed by atoms with van der Waals surface area (Å²) in [7, 11) is 0. The van der Waals surface area contributed by atoms with Gasteiger partial charge in [-0.2, -0.15) is 0 Å². The van der Waals surface area contributed by atoms with E-state index in [1.807, 2.05) is 6.08 Å². The maximum absolute atomic E-state index is 12.1. The molecule has 0 aliphatic rings. The highest BCUT2D eigenvalue weighted by molar-refractivity contribution is 5.76. The Morgan fingerprint density at radius 2 is 1.26 bits per heavy atom. The highest BCUT2D eigenvalue weighted by atomic mass is 16.3. The van der Waals surface area contributed by atoms with E-state index in [1.165, 1.54) is 19.3 Å². The number of carbonyl (C=O) groups is 1. The van der Waals surface area contributed by atoms with Crippen LogP contribution in [0.5, 0.6) is 0 Å². The van der Waals surface area contributed by atoms with Crippen LogP contribution < -0.4 is 5.32 Å². The lowest BCUT2D eigenvalue weighted by molar-refractivity contribution is -0.122. The fraction of sp³-hybridized carbons (Fsp3) is 0.581. The van der Waals surface area contributed by atoms with Crippen molar-refractivity contribution in [3.63, 3.8) is 0 Å². The van der Waals surface area contributed by atoms with Gasteiger partial charge in [0.2, 0.25) is 5.91 Å². The average Bonchev–Trinajstić information content (AvgIpc) is 2.86. The molecule has 0 spiro atoms. The summed E-state index contributed by atoms with van der Waals surface area (Å²) >= 11 is 0. The first kappa shape index (κ1) is 32.8. The molecule has 198 valence electrons. The second-order valence-corrected chi connectivity index (χ2v) is 8.72. The summed E-state index contributed by atoms with van der Waals surface area (Å²) in [6, 6.07) is -0.650. The predicted octanol–water partition coefficient (Wildman–Crippen LogP) is 7.27. The van der Waals surface area contributed by atoms with Crippen LogP contribution in [0.1, 0.15) is 97.3 Å². The van der Waals surface area contributed by atoms with Gasteiger partial charge >= 0.3 is 0 Å². The van der Waals surface area contributed by atoms with Crippen molar-refractivity contribution < 1.29 is 15.0 Å². The predicted molar refractivity (Wildman–Crippen MR) is 151 cm³/mol. The Kier molecular flexibility index (Phi) is 24.8. The van der Waals surface area contributed by atoms with Gasteiger partial charge in [-0.25, -0.2) is 0 Å². The van der Waals surface area contributed by atoms with E-state index in [0.717, 1.165) is 57.8 Å². The minimum absolute atomic E-state index is 0.133. The Hall–Kier alpha value is -2.17. The summed E-state index contributed by atoms with van der Waals surface area (Å²) in [4.78, 5) is 12.1. The van der Waals surface area contributed by atoms with Crippen LogP contribution in [-0.2, 0) is 4.79 Å². The molecule has 2 atom stereocenters. The number of allylic oxidation sites excluding steroid dienone is 11. The number of aliphatic hydroxyl groups excluding tert-OH is 2. The highest BCUT2D eigenvalue weighted by Crippen LogP contribution is 2.05. The quantitative estimate of drug-likeness (QED) is 0.111. The third-order valence-electron chi connectivity index (χ3n) is 5.45. The molecular formula is C31H51NO3. The van der Waals surface area contributed by atoms with Gasteiger partial charge in [-0.05, 0) is 57.8 Å². The molecule has 0 aliphatic heterocycles. The first-order chi connectivity index (χ1) is 17.2. The van der Waals surface area contributed by atoms with E-state index in [0.29, 0.717) is 6.42 Å². The maximum atomic E-state index is 12.1. The summed E-state index contributed by atoms with van der Waals surface area (Å²) in [5.74, 6) is -0.133. The molecule has 0 aromatic heterocycles. The SMILES string of the molecule is CC/C=C\C/C=C\C/C=C\C/C=C\C/C=C\CCCC(=O)NC(CO)C(O)/C=C/CCCCCC. The maximum Gasteiger partial charge on any atom is 0.220 e. The van der Waals surface area contributed by atoms with Gasteiger partial charge < -0.3 is 15.5 Å². The summed E-state index contributed by atoms with van der Waals surface area (Å²) in [6.07, 6.45) is 37.0. The molecule has 3 N–H and O–H groups in total. The average molecular weight is 486 g/mol. The molecule has 2 unspecified atom stereocenters. The number of nitrogens with one attached hydrogen (secondary N) is 1. The van der Waals surface area contributed by atoms with Crippen molar-refractivity contribution in [3.8, 4) is 0 Å². The molecule has 35 heavy (non-hydrogen) atoms. The van der Waals surface area contributed by atoms with Crippen molar-refractivity contribution in [2.24, 2.45) is 0 Å². The Labute approximate surface area is 215 Å². The zero-order chi connectivity index (χ0) is 25.8. The number of aliphatic hydroxyl groups is 2. The Balaban J connectivity index is 3.86. The number of unbranched alkanes of at least 4 members (excludes halogenated alkanes) is 5. The van der Waals surface area contributed by atoms with Crippen LogP contribution in [-0.4, -0.2) is 34.9 Å². The van der Waals surface area contributed by atoms with E-state index < -0.39 is 12.1 Å². The number of hydrogen-bond acceptors (Lipinski definition) is 3. The van der Waals surface area contributed by atoms with Gasteiger partial charge in [-0.15, -0.1) is 0 Å². The second kappa shape index (κ2) is 26.4. The third kappa shape index (κ3) is 23.3. The third-order valence-corrected chi connectivity index (χ3v) is 5.45. The van der Waals surface area contributed by atoms with Crippen LogP contribution >= 0.6 is 0 Å². The molecule has 0 saturated carbocycles. The topological polar surface area (TPSA) is 69.6 Å². The molecule has 0 heterocycles. The van der Waals surface area contributed by atoms with Gasteiger partial charge in [0.15, 0.2) is 0 Å².